The molecule has 1 saturated heterocycles. The largest absolute Gasteiger partial charge is 0.395 e. The molecule has 0 radical (unpaired) electrons. The molecule has 140 valence electrons. The Bertz CT molecular complexity index is 803. The van der Waals surface area contributed by atoms with Gasteiger partial charge >= 0.3 is 0 Å². The van der Waals surface area contributed by atoms with Crippen molar-refractivity contribution in [3.8, 4) is 0 Å². The van der Waals surface area contributed by atoms with Crippen LogP contribution in [-0.4, -0.2) is 53.2 Å². The number of aliphatic hydroxyl groups excluding tert-OH is 1. The number of aryl methyl sites for hydroxylation is 3. The van der Waals surface area contributed by atoms with Crippen molar-refractivity contribution in [2.45, 2.75) is 46.1 Å². The van der Waals surface area contributed by atoms with E-state index in [1.807, 2.05) is 32.9 Å². The van der Waals surface area contributed by atoms with Crippen molar-refractivity contribution >= 4 is 16.8 Å². The highest BCUT2D eigenvalue weighted by atomic mass is 16.3. The number of fused-ring (bicyclic) bond motifs is 1. The second kappa shape index (κ2) is 8.14. The van der Waals surface area contributed by atoms with Crippen molar-refractivity contribution in [1.82, 2.24) is 15.2 Å². The number of pyridine rings is 1. The lowest BCUT2D eigenvalue weighted by atomic mass is 10.0. The summed E-state index contributed by atoms with van der Waals surface area (Å²) in [6.07, 6.45) is 3.38. The number of amides is 1. The predicted octanol–water partition coefficient (Wildman–Crippen LogP) is 2.74. The molecule has 1 amide bonds. The van der Waals surface area contributed by atoms with Gasteiger partial charge in [0.15, 0.2) is 0 Å². The van der Waals surface area contributed by atoms with E-state index in [0.29, 0.717) is 12.1 Å². The summed E-state index contributed by atoms with van der Waals surface area (Å²) < 4.78 is 0. The van der Waals surface area contributed by atoms with Crippen LogP contribution in [0.25, 0.3) is 10.9 Å². The van der Waals surface area contributed by atoms with Gasteiger partial charge in [0.2, 0.25) is 0 Å². The van der Waals surface area contributed by atoms with E-state index in [2.05, 4.69) is 21.3 Å². The number of nitrogens with one attached hydrogen (secondary N) is 1. The molecular formula is C21H29N3O2. The minimum Gasteiger partial charge on any atom is -0.395 e. The van der Waals surface area contributed by atoms with Gasteiger partial charge in [-0.2, -0.15) is 0 Å². The Hall–Kier alpha value is -1.98. The molecule has 1 aromatic heterocycles. The van der Waals surface area contributed by atoms with Crippen LogP contribution in [0.2, 0.25) is 0 Å². The maximum atomic E-state index is 12.8. The van der Waals surface area contributed by atoms with Crippen LogP contribution < -0.4 is 5.32 Å². The van der Waals surface area contributed by atoms with Crippen molar-refractivity contribution in [2.75, 3.05) is 26.2 Å². The Labute approximate surface area is 155 Å². The molecule has 5 nitrogen and oxygen atoms in total. The number of hydrogen-bond donors (Lipinski definition) is 2. The lowest BCUT2D eigenvalue weighted by Crippen LogP contribution is -2.45. The van der Waals surface area contributed by atoms with Crippen LogP contribution in [0.4, 0.5) is 0 Å². The molecule has 1 atom stereocenters. The summed E-state index contributed by atoms with van der Waals surface area (Å²) >= 11 is 0. The number of hydrogen-bond acceptors (Lipinski definition) is 4. The van der Waals surface area contributed by atoms with Gasteiger partial charge in [-0.3, -0.25) is 14.7 Å². The summed E-state index contributed by atoms with van der Waals surface area (Å²) in [6, 6.07) is 6.24. The van der Waals surface area contributed by atoms with Crippen molar-refractivity contribution in [3.05, 3.63) is 40.6 Å². The first-order valence-electron chi connectivity index (χ1n) is 9.51. The zero-order valence-corrected chi connectivity index (χ0v) is 16.0. The molecule has 1 aromatic carbocycles. The fourth-order valence-electron chi connectivity index (χ4n) is 3.97. The molecule has 3 rings (SSSR count). The summed E-state index contributed by atoms with van der Waals surface area (Å²) in [5.74, 6) is -0.0527. The number of aliphatic hydroxyl groups is 1. The minimum absolute atomic E-state index is 0.0527. The maximum absolute atomic E-state index is 12.8. The summed E-state index contributed by atoms with van der Waals surface area (Å²) in [7, 11) is 0. The average Bonchev–Trinajstić information content (AvgIpc) is 2.62. The van der Waals surface area contributed by atoms with Gasteiger partial charge in [-0.25, -0.2) is 0 Å². The van der Waals surface area contributed by atoms with E-state index in [1.165, 1.54) is 6.42 Å². The van der Waals surface area contributed by atoms with Crippen LogP contribution in [0.1, 0.15) is 46.4 Å². The molecule has 1 aliphatic rings. The van der Waals surface area contributed by atoms with Crippen LogP contribution in [0, 0.1) is 20.8 Å². The SMILES string of the molecule is Cc1cc(C)c2nc(C)cc(C(=O)NCCN3CCCC[C@@H]3CO)c2c1. The summed E-state index contributed by atoms with van der Waals surface area (Å²) in [5.41, 5.74) is 4.67. The average molecular weight is 355 g/mol. The molecule has 5 heteroatoms. The molecule has 26 heavy (non-hydrogen) atoms. The Morgan fingerprint density at radius 1 is 1.27 bits per heavy atom. The van der Waals surface area contributed by atoms with E-state index in [0.717, 1.165) is 53.7 Å². The Morgan fingerprint density at radius 2 is 2.08 bits per heavy atom. The highest BCUT2D eigenvalue weighted by Gasteiger charge is 2.21. The number of carbonyl (C=O) groups is 1. The van der Waals surface area contributed by atoms with Crippen molar-refractivity contribution in [2.24, 2.45) is 0 Å². The zero-order valence-electron chi connectivity index (χ0n) is 16.0. The quantitative estimate of drug-likeness (QED) is 0.866. The molecule has 0 unspecified atom stereocenters. The standard InChI is InChI=1S/C21H29N3O2/c1-14-10-15(2)20-18(11-14)19(12-16(3)23-20)21(26)22-7-9-24-8-5-4-6-17(24)13-25/h10-12,17,25H,4-9,13H2,1-3H3,(H,22,26)/t17-/m1/s1. The first-order chi connectivity index (χ1) is 12.5. The molecule has 1 aliphatic heterocycles. The summed E-state index contributed by atoms with van der Waals surface area (Å²) in [4.78, 5) is 19.7. The topological polar surface area (TPSA) is 65.5 Å². The van der Waals surface area contributed by atoms with Crippen LogP contribution in [0.15, 0.2) is 18.2 Å². The van der Waals surface area contributed by atoms with E-state index < -0.39 is 0 Å². The van der Waals surface area contributed by atoms with Crippen molar-refractivity contribution in [1.29, 1.82) is 0 Å². The summed E-state index contributed by atoms with van der Waals surface area (Å²) in [6.45, 7) is 8.56. The van der Waals surface area contributed by atoms with E-state index in [4.69, 9.17) is 0 Å². The first kappa shape index (κ1) is 18.8. The number of piperidine rings is 1. The smallest absolute Gasteiger partial charge is 0.252 e. The van der Waals surface area contributed by atoms with Gasteiger partial charge in [0.25, 0.3) is 5.91 Å². The Balaban J connectivity index is 1.73. The maximum Gasteiger partial charge on any atom is 0.252 e. The van der Waals surface area contributed by atoms with Crippen LogP contribution in [0.3, 0.4) is 0 Å². The molecule has 0 aliphatic carbocycles. The normalized spacial score (nSPS) is 18.2. The molecule has 0 saturated carbocycles. The Kier molecular flexibility index (Phi) is 5.89. The monoisotopic (exact) mass is 355 g/mol. The van der Waals surface area contributed by atoms with Gasteiger partial charge in [-0.1, -0.05) is 18.1 Å². The van der Waals surface area contributed by atoms with Crippen LogP contribution in [0.5, 0.6) is 0 Å². The van der Waals surface area contributed by atoms with Crippen LogP contribution >= 0.6 is 0 Å². The van der Waals surface area contributed by atoms with Gasteiger partial charge < -0.3 is 10.4 Å². The fraction of sp³-hybridized carbons (Fsp3) is 0.524. The molecule has 0 spiro atoms. The number of nitrogens with zero attached hydrogens (tertiary/aromatic N) is 2. The molecule has 2 N–H and O–H groups in total. The highest BCUT2D eigenvalue weighted by molar-refractivity contribution is 6.07. The van der Waals surface area contributed by atoms with Gasteiger partial charge in [0, 0.05) is 30.2 Å². The molecule has 2 heterocycles. The minimum atomic E-state index is -0.0527. The fourth-order valence-corrected chi connectivity index (χ4v) is 3.97. The van der Waals surface area contributed by atoms with E-state index in [9.17, 15) is 9.90 Å². The predicted molar refractivity (Wildman–Crippen MR) is 105 cm³/mol. The second-order valence-corrected chi connectivity index (χ2v) is 7.41. The van der Waals surface area contributed by atoms with Gasteiger partial charge in [-0.05, 0) is 57.9 Å². The third-order valence-corrected chi connectivity index (χ3v) is 5.27. The molecular weight excluding hydrogens is 326 g/mol. The number of benzene rings is 1. The van der Waals surface area contributed by atoms with E-state index >= 15 is 0 Å². The second-order valence-electron chi connectivity index (χ2n) is 7.41. The zero-order chi connectivity index (χ0) is 18.7. The summed E-state index contributed by atoms with van der Waals surface area (Å²) in [5, 5.41) is 13.5. The number of carbonyl (C=O) groups excluding carboxylic acids is 1. The van der Waals surface area contributed by atoms with Gasteiger partial charge in [0.1, 0.15) is 0 Å². The number of likely N-dealkylation sites (tertiary alicyclic amines) is 1. The molecule has 1 fully saturated rings. The van der Waals surface area contributed by atoms with Crippen molar-refractivity contribution < 1.29 is 9.90 Å². The first-order valence-corrected chi connectivity index (χ1v) is 9.51. The highest BCUT2D eigenvalue weighted by Crippen LogP contribution is 2.23. The third kappa shape index (κ3) is 4.05. The lowest BCUT2D eigenvalue weighted by molar-refractivity contribution is 0.0850. The number of rotatable bonds is 5. The number of aromatic nitrogens is 1. The molecule has 2 aromatic rings. The third-order valence-electron chi connectivity index (χ3n) is 5.27. The van der Waals surface area contributed by atoms with Gasteiger partial charge in [0.05, 0.1) is 17.7 Å². The van der Waals surface area contributed by atoms with E-state index in [-0.39, 0.29) is 18.6 Å². The Morgan fingerprint density at radius 3 is 2.85 bits per heavy atom. The lowest BCUT2D eigenvalue weighted by Gasteiger charge is -2.34. The molecule has 0 bridgehead atoms. The van der Waals surface area contributed by atoms with Crippen LogP contribution in [-0.2, 0) is 0 Å². The van der Waals surface area contributed by atoms with E-state index in [1.54, 1.807) is 0 Å². The van der Waals surface area contributed by atoms with Crippen molar-refractivity contribution in [3.63, 3.8) is 0 Å². The van der Waals surface area contributed by atoms with Gasteiger partial charge in [-0.15, -0.1) is 0 Å².